The number of carbonyl (C=O) groups is 1. The van der Waals surface area contributed by atoms with Crippen molar-refractivity contribution in [3.63, 3.8) is 0 Å². The lowest BCUT2D eigenvalue weighted by Crippen LogP contribution is -2.42. The van der Waals surface area contributed by atoms with Crippen LogP contribution in [-0.4, -0.2) is 63.8 Å². The molecule has 1 aromatic carbocycles. The Balaban J connectivity index is 1.39. The predicted molar refractivity (Wildman–Crippen MR) is 143 cm³/mol. The van der Waals surface area contributed by atoms with Crippen molar-refractivity contribution in [1.29, 1.82) is 0 Å². The van der Waals surface area contributed by atoms with Gasteiger partial charge in [0.25, 0.3) is 0 Å². The number of hydrogen-bond donors (Lipinski definition) is 2. The number of nitrogens with zero attached hydrogens (tertiary/aromatic N) is 2. The number of hydrogen-bond acceptors (Lipinski definition) is 6. The van der Waals surface area contributed by atoms with E-state index in [0.29, 0.717) is 29.2 Å². The molecule has 0 amide bonds. The molecule has 0 unspecified atom stereocenters. The van der Waals surface area contributed by atoms with Crippen molar-refractivity contribution in [3.05, 3.63) is 35.0 Å². The number of fused-ring (bicyclic) bond motifs is 1. The standard InChI is InChI=1S/C27H37ClN2O4S/c1-34-19-6-7-23-21(16-19)26(22(28)18-29-23)24(31)8-9-27(17-25(32)33)10-12-30(13-11-27)14-15-35-20-4-2-3-5-20/h6-7,16,18,20,24,31H,2-5,8-15,17H2,1H3,(H,32,33)/t24-/m0/s1. The Morgan fingerprint density at radius 1 is 1.31 bits per heavy atom. The van der Waals surface area contributed by atoms with Crippen LogP contribution in [0.25, 0.3) is 10.9 Å². The van der Waals surface area contributed by atoms with Gasteiger partial charge < -0.3 is 19.8 Å². The maximum Gasteiger partial charge on any atom is 0.303 e. The highest BCUT2D eigenvalue weighted by Crippen LogP contribution is 2.43. The number of pyridine rings is 1. The molecule has 2 aliphatic rings. The van der Waals surface area contributed by atoms with E-state index in [0.717, 1.165) is 54.4 Å². The highest BCUT2D eigenvalue weighted by Gasteiger charge is 2.37. The summed E-state index contributed by atoms with van der Waals surface area (Å²) in [5, 5.41) is 22.9. The number of methoxy groups -OCH3 is 1. The Hall–Kier alpha value is -1.54. The number of aliphatic carboxylic acids is 1. The minimum absolute atomic E-state index is 0.142. The molecule has 192 valence electrons. The Morgan fingerprint density at radius 3 is 2.74 bits per heavy atom. The lowest BCUT2D eigenvalue weighted by atomic mass is 9.71. The highest BCUT2D eigenvalue weighted by molar-refractivity contribution is 7.99. The smallest absolute Gasteiger partial charge is 0.303 e. The van der Waals surface area contributed by atoms with Gasteiger partial charge in [0.1, 0.15) is 5.75 Å². The molecule has 1 aliphatic carbocycles. The third-order valence-corrected chi connectivity index (χ3v) is 9.52. The summed E-state index contributed by atoms with van der Waals surface area (Å²) in [6.07, 6.45) is 9.18. The van der Waals surface area contributed by atoms with Crippen LogP contribution < -0.4 is 4.74 Å². The number of aromatic nitrogens is 1. The van der Waals surface area contributed by atoms with Crippen LogP contribution in [0.2, 0.25) is 5.02 Å². The van der Waals surface area contributed by atoms with Crippen LogP contribution in [0, 0.1) is 5.41 Å². The van der Waals surface area contributed by atoms with Gasteiger partial charge >= 0.3 is 5.97 Å². The van der Waals surface area contributed by atoms with Crippen molar-refractivity contribution in [2.45, 2.75) is 69.1 Å². The van der Waals surface area contributed by atoms with Gasteiger partial charge in [-0.15, -0.1) is 0 Å². The van der Waals surface area contributed by atoms with E-state index in [-0.39, 0.29) is 11.8 Å². The first-order valence-corrected chi connectivity index (χ1v) is 14.2. The molecule has 1 saturated heterocycles. The SMILES string of the molecule is COc1ccc2ncc(Cl)c([C@@H](O)CCC3(CC(=O)O)CCN(CCSC4CCCC4)CC3)c2c1. The number of benzene rings is 1. The summed E-state index contributed by atoms with van der Waals surface area (Å²) in [5.74, 6) is 1.07. The monoisotopic (exact) mass is 520 g/mol. The molecular formula is C27H37ClN2O4S. The number of carboxylic acid groups (broad SMARTS) is 1. The third-order valence-electron chi connectivity index (χ3n) is 7.86. The molecule has 35 heavy (non-hydrogen) atoms. The van der Waals surface area contributed by atoms with Gasteiger partial charge in [0.15, 0.2) is 0 Å². The molecular weight excluding hydrogens is 484 g/mol. The molecule has 2 N–H and O–H groups in total. The van der Waals surface area contributed by atoms with E-state index in [9.17, 15) is 15.0 Å². The molecule has 2 heterocycles. The summed E-state index contributed by atoms with van der Waals surface area (Å²) in [7, 11) is 1.60. The Morgan fingerprint density at radius 2 is 2.06 bits per heavy atom. The fourth-order valence-electron chi connectivity index (χ4n) is 5.71. The molecule has 2 aromatic rings. The Bertz CT molecular complexity index is 1010. The van der Waals surface area contributed by atoms with E-state index in [2.05, 4.69) is 21.6 Å². The lowest BCUT2D eigenvalue weighted by molar-refractivity contribution is -0.141. The van der Waals surface area contributed by atoms with Gasteiger partial charge in [-0.25, -0.2) is 0 Å². The average molecular weight is 521 g/mol. The van der Waals surface area contributed by atoms with Gasteiger partial charge in [0, 0.05) is 34.7 Å². The fourth-order valence-corrected chi connectivity index (χ4v) is 7.35. The number of ether oxygens (including phenoxy) is 1. The number of carboxylic acids is 1. The maximum atomic E-state index is 11.8. The van der Waals surface area contributed by atoms with Crippen LogP contribution in [0.15, 0.2) is 24.4 Å². The molecule has 8 heteroatoms. The van der Waals surface area contributed by atoms with E-state index in [4.69, 9.17) is 16.3 Å². The van der Waals surface area contributed by atoms with Crippen LogP contribution in [-0.2, 0) is 4.79 Å². The van der Waals surface area contributed by atoms with Crippen LogP contribution in [0.1, 0.15) is 69.5 Å². The van der Waals surface area contributed by atoms with Gasteiger partial charge in [-0.05, 0) is 75.2 Å². The second-order valence-electron chi connectivity index (χ2n) is 10.1. The zero-order valence-corrected chi connectivity index (χ0v) is 22.1. The van der Waals surface area contributed by atoms with Gasteiger partial charge in [-0.3, -0.25) is 9.78 Å². The van der Waals surface area contributed by atoms with Crippen LogP contribution >= 0.6 is 23.4 Å². The number of aliphatic hydroxyl groups is 1. The Kier molecular flexibility index (Phi) is 9.19. The zero-order chi connectivity index (χ0) is 24.8. The molecule has 0 bridgehead atoms. The minimum Gasteiger partial charge on any atom is -0.497 e. The second-order valence-corrected chi connectivity index (χ2v) is 12.0. The number of piperidine rings is 1. The molecule has 0 radical (unpaired) electrons. The van der Waals surface area contributed by atoms with E-state index in [1.165, 1.54) is 25.7 Å². The molecule has 4 rings (SSSR count). The van der Waals surface area contributed by atoms with Gasteiger partial charge in [-0.1, -0.05) is 24.4 Å². The molecule has 2 fully saturated rings. The largest absolute Gasteiger partial charge is 0.497 e. The van der Waals surface area contributed by atoms with Crippen molar-refractivity contribution in [3.8, 4) is 5.75 Å². The van der Waals surface area contributed by atoms with Gasteiger partial charge in [-0.2, -0.15) is 11.8 Å². The average Bonchev–Trinajstić information content (AvgIpc) is 3.36. The number of halogens is 1. The van der Waals surface area contributed by atoms with Gasteiger partial charge in [0.05, 0.1) is 30.2 Å². The highest BCUT2D eigenvalue weighted by atomic mass is 35.5. The topological polar surface area (TPSA) is 82.9 Å². The van der Waals surface area contributed by atoms with Crippen LogP contribution in [0.5, 0.6) is 5.75 Å². The van der Waals surface area contributed by atoms with Crippen molar-refractivity contribution in [2.24, 2.45) is 5.41 Å². The molecule has 1 atom stereocenters. The summed E-state index contributed by atoms with van der Waals surface area (Å²) in [5.41, 5.74) is 1.09. The van der Waals surface area contributed by atoms with E-state index in [1.807, 2.05) is 18.2 Å². The van der Waals surface area contributed by atoms with Crippen molar-refractivity contribution in [1.82, 2.24) is 9.88 Å². The third kappa shape index (κ3) is 6.82. The van der Waals surface area contributed by atoms with Crippen LogP contribution in [0.3, 0.4) is 0 Å². The number of likely N-dealkylation sites (tertiary alicyclic amines) is 1. The van der Waals surface area contributed by atoms with Crippen molar-refractivity contribution < 1.29 is 19.7 Å². The quantitative estimate of drug-likeness (QED) is 0.379. The minimum atomic E-state index is -0.799. The van der Waals surface area contributed by atoms with Crippen LogP contribution in [0.4, 0.5) is 0 Å². The summed E-state index contributed by atoms with van der Waals surface area (Å²) < 4.78 is 5.35. The second kappa shape index (κ2) is 12.1. The maximum absolute atomic E-state index is 11.8. The molecule has 0 spiro atoms. The molecule has 1 saturated carbocycles. The zero-order valence-electron chi connectivity index (χ0n) is 20.5. The first-order chi connectivity index (χ1) is 16.9. The molecule has 6 nitrogen and oxygen atoms in total. The predicted octanol–water partition coefficient (Wildman–Crippen LogP) is 5.94. The van der Waals surface area contributed by atoms with Crippen molar-refractivity contribution >= 4 is 40.2 Å². The fraction of sp³-hybridized carbons (Fsp3) is 0.630. The summed E-state index contributed by atoms with van der Waals surface area (Å²) >= 11 is 8.59. The first kappa shape index (κ1) is 26.5. The lowest BCUT2D eigenvalue weighted by Gasteiger charge is -2.41. The normalized spacial score (nSPS) is 19.7. The van der Waals surface area contributed by atoms with E-state index >= 15 is 0 Å². The summed E-state index contributed by atoms with van der Waals surface area (Å²) in [6, 6.07) is 5.54. The summed E-state index contributed by atoms with van der Waals surface area (Å²) in [6.45, 7) is 2.92. The summed E-state index contributed by atoms with van der Waals surface area (Å²) in [4.78, 5) is 18.6. The number of aliphatic hydroxyl groups excluding tert-OH is 1. The molecule has 1 aliphatic heterocycles. The van der Waals surface area contributed by atoms with Gasteiger partial charge in [0.2, 0.25) is 0 Å². The molecule has 1 aromatic heterocycles. The van der Waals surface area contributed by atoms with Crippen molar-refractivity contribution in [2.75, 3.05) is 32.5 Å². The van der Waals surface area contributed by atoms with E-state index < -0.39 is 12.1 Å². The first-order valence-electron chi connectivity index (χ1n) is 12.8. The van der Waals surface area contributed by atoms with E-state index in [1.54, 1.807) is 13.3 Å². The Labute approximate surface area is 217 Å². The number of rotatable bonds is 11. The number of thioether (sulfide) groups is 1.